The Kier molecular flexibility index (Phi) is 56.4. The van der Waals surface area contributed by atoms with E-state index in [-0.39, 0.29) is 31.1 Å². The standard InChI is InChI=1S/C66H110O6/c1-4-7-10-13-16-19-22-25-28-30-31-32-33-34-35-37-38-41-44-47-50-53-56-59-65(68)71-62-63(61-70-64(67)58-55-52-49-46-43-40-27-24-21-18-15-12-9-6-3)72-66(69)60-57-54-51-48-45-42-39-36-29-26-23-20-17-14-11-8-5-2/h7,10,16-17,19-20,24-29,31-32,34-35,38,41,63H,4-6,8-9,11-15,18,21-23,30,33,36-37,39-40,42-62H2,1-3H3/b10-7-,19-16-,20-17-,27-24-,28-25-,29-26-,32-31-,35-34-,41-38-. The first kappa shape index (κ1) is 68.1. The molecule has 72 heavy (non-hydrogen) atoms. The zero-order valence-corrected chi connectivity index (χ0v) is 46.9. The van der Waals surface area contributed by atoms with Crippen molar-refractivity contribution in [3.05, 3.63) is 109 Å². The summed E-state index contributed by atoms with van der Waals surface area (Å²) in [4.78, 5) is 38.2. The van der Waals surface area contributed by atoms with Gasteiger partial charge in [0.15, 0.2) is 6.10 Å². The van der Waals surface area contributed by atoms with E-state index in [1.54, 1.807) is 0 Å². The lowest BCUT2D eigenvalue weighted by Gasteiger charge is -2.18. The average Bonchev–Trinajstić information content (AvgIpc) is 3.38. The maximum absolute atomic E-state index is 12.9. The largest absolute Gasteiger partial charge is 0.462 e. The van der Waals surface area contributed by atoms with Crippen LogP contribution >= 0.6 is 0 Å². The van der Waals surface area contributed by atoms with Crippen LogP contribution in [0.25, 0.3) is 0 Å². The van der Waals surface area contributed by atoms with Crippen molar-refractivity contribution in [3.8, 4) is 0 Å². The van der Waals surface area contributed by atoms with E-state index in [1.165, 1.54) is 103 Å². The van der Waals surface area contributed by atoms with Gasteiger partial charge in [0.05, 0.1) is 0 Å². The number of esters is 3. The van der Waals surface area contributed by atoms with Gasteiger partial charge in [-0.3, -0.25) is 14.4 Å². The Morgan fingerprint density at radius 1 is 0.292 bits per heavy atom. The van der Waals surface area contributed by atoms with Crippen LogP contribution in [0.3, 0.4) is 0 Å². The molecule has 0 amide bonds. The van der Waals surface area contributed by atoms with Gasteiger partial charge in [-0.25, -0.2) is 0 Å². The van der Waals surface area contributed by atoms with Crippen molar-refractivity contribution in [2.45, 2.75) is 277 Å². The summed E-state index contributed by atoms with van der Waals surface area (Å²) in [7, 11) is 0. The van der Waals surface area contributed by atoms with Crippen molar-refractivity contribution < 1.29 is 28.6 Å². The van der Waals surface area contributed by atoms with Crippen molar-refractivity contribution in [2.75, 3.05) is 13.2 Å². The van der Waals surface area contributed by atoms with E-state index in [0.717, 1.165) is 128 Å². The predicted molar refractivity (Wildman–Crippen MR) is 311 cm³/mol. The molecule has 0 radical (unpaired) electrons. The summed E-state index contributed by atoms with van der Waals surface area (Å²) in [6.07, 6.45) is 80.7. The topological polar surface area (TPSA) is 78.9 Å². The summed E-state index contributed by atoms with van der Waals surface area (Å²) in [6.45, 7) is 6.46. The van der Waals surface area contributed by atoms with Crippen molar-refractivity contribution in [1.29, 1.82) is 0 Å². The Balaban J connectivity index is 4.45. The van der Waals surface area contributed by atoms with Crippen molar-refractivity contribution >= 4 is 17.9 Å². The van der Waals surface area contributed by atoms with Crippen LogP contribution in [0.4, 0.5) is 0 Å². The maximum atomic E-state index is 12.9. The van der Waals surface area contributed by atoms with Gasteiger partial charge >= 0.3 is 17.9 Å². The lowest BCUT2D eigenvalue weighted by molar-refractivity contribution is -0.167. The predicted octanol–water partition coefficient (Wildman–Crippen LogP) is 20.3. The van der Waals surface area contributed by atoms with Gasteiger partial charge in [0.25, 0.3) is 0 Å². The molecule has 1 atom stereocenters. The fourth-order valence-electron chi connectivity index (χ4n) is 8.00. The van der Waals surface area contributed by atoms with Gasteiger partial charge in [0.1, 0.15) is 13.2 Å². The first-order chi connectivity index (χ1) is 35.5. The fraction of sp³-hybridized carbons (Fsp3) is 0.682. The Labute approximate surface area is 444 Å². The summed E-state index contributed by atoms with van der Waals surface area (Å²) < 4.78 is 16.9. The van der Waals surface area contributed by atoms with Crippen molar-refractivity contribution in [2.24, 2.45) is 0 Å². The van der Waals surface area contributed by atoms with Gasteiger partial charge in [-0.2, -0.15) is 0 Å². The SMILES string of the molecule is CC/C=C\C/C=C\C/C=C\C/C=C\C/C=C\C/C=C\CCCCCCC(=O)OCC(COC(=O)CCCCCCC/C=C\CCCCCCC)OC(=O)CCCCCCCCC/C=C\C/C=C\CCCCC. The number of unbranched alkanes of at least 4 members (excludes halogenated alkanes) is 24. The quantitative estimate of drug-likeness (QED) is 0.0261. The van der Waals surface area contributed by atoms with Crippen LogP contribution in [0.2, 0.25) is 0 Å². The summed E-state index contributed by atoms with van der Waals surface area (Å²) in [5.74, 6) is -0.934. The molecular weight excluding hydrogens is 889 g/mol. The molecule has 0 rings (SSSR count). The first-order valence-corrected chi connectivity index (χ1v) is 29.9. The molecule has 0 aromatic carbocycles. The van der Waals surface area contributed by atoms with E-state index in [4.69, 9.17) is 14.2 Å². The Bertz CT molecular complexity index is 1470. The lowest BCUT2D eigenvalue weighted by Crippen LogP contribution is -2.30. The normalized spacial score (nSPS) is 12.9. The molecule has 0 aromatic heterocycles. The van der Waals surface area contributed by atoms with E-state index in [0.29, 0.717) is 19.3 Å². The van der Waals surface area contributed by atoms with Crippen LogP contribution in [0, 0.1) is 0 Å². The summed E-state index contributed by atoms with van der Waals surface area (Å²) in [6, 6.07) is 0. The smallest absolute Gasteiger partial charge is 0.306 e. The van der Waals surface area contributed by atoms with Gasteiger partial charge in [0.2, 0.25) is 0 Å². The highest BCUT2D eigenvalue weighted by Crippen LogP contribution is 2.14. The highest BCUT2D eigenvalue weighted by Gasteiger charge is 2.19. The molecule has 0 fully saturated rings. The maximum Gasteiger partial charge on any atom is 0.306 e. The molecule has 6 heteroatoms. The third kappa shape index (κ3) is 57.0. The Morgan fingerprint density at radius 2 is 0.542 bits per heavy atom. The van der Waals surface area contributed by atoms with E-state index in [9.17, 15) is 14.4 Å². The third-order valence-corrected chi connectivity index (χ3v) is 12.5. The second kappa shape index (κ2) is 59.6. The van der Waals surface area contributed by atoms with Crippen LogP contribution in [-0.4, -0.2) is 37.2 Å². The number of hydrogen-bond acceptors (Lipinski definition) is 6. The molecule has 0 saturated carbocycles. The molecule has 0 aliphatic rings. The zero-order valence-electron chi connectivity index (χ0n) is 46.9. The van der Waals surface area contributed by atoms with E-state index >= 15 is 0 Å². The summed E-state index contributed by atoms with van der Waals surface area (Å²) >= 11 is 0. The minimum Gasteiger partial charge on any atom is -0.462 e. The van der Waals surface area contributed by atoms with Crippen LogP contribution in [0.1, 0.15) is 271 Å². The molecule has 0 heterocycles. The average molecular weight is 1000 g/mol. The van der Waals surface area contributed by atoms with Crippen LogP contribution in [-0.2, 0) is 28.6 Å². The van der Waals surface area contributed by atoms with Gasteiger partial charge in [-0.05, 0) is 128 Å². The Hall–Kier alpha value is -3.93. The van der Waals surface area contributed by atoms with Gasteiger partial charge < -0.3 is 14.2 Å². The summed E-state index contributed by atoms with van der Waals surface area (Å²) in [5.41, 5.74) is 0. The molecule has 0 spiro atoms. The van der Waals surface area contributed by atoms with Crippen LogP contribution in [0.15, 0.2) is 109 Å². The Morgan fingerprint density at radius 3 is 0.889 bits per heavy atom. The second-order valence-electron chi connectivity index (χ2n) is 19.5. The molecule has 0 N–H and O–H groups in total. The molecular formula is C66H110O6. The monoisotopic (exact) mass is 999 g/mol. The number of carbonyl (C=O) groups excluding carboxylic acids is 3. The highest BCUT2D eigenvalue weighted by molar-refractivity contribution is 5.71. The van der Waals surface area contributed by atoms with Gasteiger partial charge in [0, 0.05) is 19.3 Å². The molecule has 0 aliphatic heterocycles. The van der Waals surface area contributed by atoms with Gasteiger partial charge in [-0.15, -0.1) is 0 Å². The molecule has 6 nitrogen and oxygen atoms in total. The molecule has 0 bridgehead atoms. The van der Waals surface area contributed by atoms with Crippen LogP contribution < -0.4 is 0 Å². The third-order valence-electron chi connectivity index (χ3n) is 12.5. The molecule has 0 aliphatic carbocycles. The minimum atomic E-state index is -0.799. The fourth-order valence-corrected chi connectivity index (χ4v) is 8.00. The van der Waals surface area contributed by atoms with Crippen molar-refractivity contribution in [1.82, 2.24) is 0 Å². The number of allylic oxidation sites excluding steroid dienone is 18. The molecule has 0 saturated heterocycles. The minimum absolute atomic E-state index is 0.0949. The lowest BCUT2D eigenvalue weighted by atomic mass is 10.1. The molecule has 410 valence electrons. The van der Waals surface area contributed by atoms with Crippen LogP contribution in [0.5, 0.6) is 0 Å². The molecule has 0 aromatic rings. The number of rotatable bonds is 53. The first-order valence-electron chi connectivity index (χ1n) is 29.9. The summed E-state index contributed by atoms with van der Waals surface area (Å²) in [5, 5.41) is 0. The van der Waals surface area contributed by atoms with E-state index < -0.39 is 6.10 Å². The number of carbonyl (C=O) groups is 3. The van der Waals surface area contributed by atoms with E-state index in [1.807, 2.05) is 0 Å². The van der Waals surface area contributed by atoms with Gasteiger partial charge in [-0.1, -0.05) is 233 Å². The second-order valence-corrected chi connectivity index (χ2v) is 19.5. The number of ether oxygens (including phenoxy) is 3. The molecule has 1 unspecified atom stereocenters. The zero-order chi connectivity index (χ0) is 52.2. The highest BCUT2D eigenvalue weighted by atomic mass is 16.6. The number of hydrogen-bond donors (Lipinski definition) is 0. The van der Waals surface area contributed by atoms with E-state index in [2.05, 4.69) is 130 Å². The van der Waals surface area contributed by atoms with Crippen molar-refractivity contribution in [3.63, 3.8) is 0 Å².